The first kappa shape index (κ1) is 24.5. The Morgan fingerprint density at radius 2 is 1.23 bits per heavy atom. The van der Waals surface area contributed by atoms with Crippen LogP contribution in [0, 0.1) is 5.92 Å². The zero-order valence-corrected chi connectivity index (χ0v) is 17.5. The Kier molecular flexibility index (Phi) is 10.6. The van der Waals surface area contributed by atoms with E-state index >= 15 is 0 Å². The van der Waals surface area contributed by atoms with Gasteiger partial charge in [-0.3, -0.25) is 4.90 Å². The van der Waals surface area contributed by atoms with Crippen LogP contribution in [0.3, 0.4) is 0 Å². The van der Waals surface area contributed by atoms with Gasteiger partial charge in [0.25, 0.3) is 0 Å². The lowest BCUT2D eigenvalue weighted by Gasteiger charge is -2.53. The number of likely N-dealkylation sites (tertiary alicyclic amines) is 1. The van der Waals surface area contributed by atoms with Crippen LogP contribution in [-0.4, -0.2) is 48.4 Å². The molecule has 0 unspecified atom stereocenters. The molecule has 0 bridgehead atoms. The number of carbonyl (C=O) groups excluding carboxylic acids is 2. The van der Waals surface area contributed by atoms with Crippen molar-refractivity contribution in [2.75, 3.05) is 20.3 Å². The molecule has 1 heterocycles. The molecule has 0 atom stereocenters. The van der Waals surface area contributed by atoms with E-state index in [9.17, 15) is 9.59 Å². The van der Waals surface area contributed by atoms with Crippen LogP contribution in [0.4, 0.5) is 9.59 Å². The van der Waals surface area contributed by atoms with Crippen molar-refractivity contribution >= 4 is 12.2 Å². The van der Waals surface area contributed by atoms with Gasteiger partial charge in [0.15, 0.2) is 0 Å². The van der Waals surface area contributed by atoms with Gasteiger partial charge in [0.1, 0.15) is 0 Å². The molecule has 7 nitrogen and oxygen atoms in total. The largest absolute Gasteiger partial charge is 0.450 e. The summed E-state index contributed by atoms with van der Waals surface area (Å²) in [6.07, 6.45) is 4.48. The van der Waals surface area contributed by atoms with Crippen LogP contribution in [0.2, 0.25) is 0 Å². The van der Waals surface area contributed by atoms with E-state index in [0.29, 0.717) is 24.3 Å². The number of piperidine rings is 1. The summed E-state index contributed by atoms with van der Waals surface area (Å²) in [7, 11) is 2.26. The van der Waals surface area contributed by atoms with Crippen molar-refractivity contribution < 1.29 is 19.1 Å². The predicted octanol–water partition coefficient (Wildman–Crippen LogP) is 3.64. The second kappa shape index (κ2) is 11.3. The number of hydrogen-bond acceptors (Lipinski definition) is 5. The molecule has 1 aliphatic heterocycles. The van der Waals surface area contributed by atoms with Crippen LogP contribution in [-0.2, 0) is 9.47 Å². The van der Waals surface area contributed by atoms with E-state index < -0.39 is 12.2 Å². The monoisotopic (exact) mass is 373 g/mol. The third kappa shape index (κ3) is 10.5. The van der Waals surface area contributed by atoms with Gasteiger partial charge in [-0.25, -0.2) is 9.59 Å². The van der Waals surface area contributed by atoms with E-state index in [0.717, 1.165) is 31.6 Å². The van der Waals surface area contributed by atoms with Crippen molar-refractivity contribution in [2.24, 2.45) is 17.4 Å². The molecule has 1 saturated heterocycles. The molecule has 0 aliphatic carbocycles. The summed E-state index contributed by atoms with van der Waals surface area (Å²) in [6.45, 7) is 12.5. The number of hydrogen-bond donors (Lipinski definition) is 2. The van der Waals surface area contributed by atoms with Crippen LogP contribution < -0.4 is 11.5 Å². The molecule has 154 valence electrons. The summed E-state index contributed by atoms with van der Waals surface area (Å²) in [5.41, 5.74) is 10.3. The number of ether oxygens (including phenoxy) is 2. The summed E-state index contributed by atoms with van der Waals surface area (Å²) in [5, 5.41) is 0. The maximum absolute atomic E-state index is 10.1. The zero-order valence-electron chi connectivity index (χ0n) is 17.5. The first-order valence-corrected chi connectivity index (χ1v) is 9.47. The molecule has 0 aromatic rings. The molecule has 0 spiro atoms. The van der Waals surface area contributed by atoms with Crippen molar-refractivity contribution in [3.8, 4) is 0 Å². The average molecular weight is 374 g/mol. The maximum Gasteiger partial charge on any atom is 0.404 e. The Morgan fingerprint density at radius 1 is 0.885 bits per heavy atom. The van der Waals surface area contributed by atoms with Crippen molar-refractivity contribution in [1.29, 1.82) is 0 Å². The van der Waals surface area contributed by atoms with Crippen LogP contribution in [0.5, 0.6) is 0 Å². The van der Waals surface area contributed by atoms with Gasteiger partial charge in [0, 0.05) is 11.1 Å². The topological polar surface area (TPSA) is 108 Å². The summed E-state index contributed by atoms with van der Waals surface area (Å²) < 4.78 is 9.04. The van der Waals surface area contributed by atoms with Crippen molar-refractivity contribution in [3.05, 3.63) is 0 Å². The second-order valence-corrected chi connectivity index (χ2v) is 8.45. The molecule has 1 aliphatic rings. The molecular weight excluding hydrogens is 334 g/mol. The Bertz CT molecular complexity index is 401. The van der Waals surface area contributed by atoms with Crippen molar-refractivity contribution in [1.82, 2.24) is 4.90 Å². The van der Waals surface area contributed by atoms with E-state index in [2.05, 4.69) is 56.0 Å². The maximum atomic E-state index is 10.1. The van der Waals surface area contributed by atoms with E-state index in [4.69, 9.17) is 11.5 Å². The molecular formula is C19H39N3O4. The van der Waals surface area contributed by atoms with Crippen LogP contribution in [0.15, 0.2) is 0 Å². The molecule has 7 heteroatoms. The number of amides is 2. The average Bonchev–Trinajstić information content (AvgIpc) is 2.46. The molecule has 1 rings (SSSR count). The standard InChI is InChI=1S/C11H23N.C8H16N2O4/c1-9-7-10(2,3)12(6)11(4,5)8-9;9-7(11)13-5-3-1-2-4-6-14-8(10)12/h9H,7-8H2,1-6H3;1-6H2,(H2,9,11)(H2,10,12). The van der Waals surface area contributed by atoms with Gasteiger partial charge in [-0.05, 0) is 79.2 Å². The van der Waals surface area contributed by atoms with Crippen molar-refractivity contribution in [3.63, 3.8) is 0 Å². The number of rotatable bonds is 7. The van der Waals surface area contributed by atoms with Gasteiger partial charge >= 0.3 is 12.2 Å². The summed E-state index contributed by atoms with van der Waals surface area (Å²) in [5.74, 6) is 0.867. The summed E-state index contributed by atoms with van der Waals surface area (Å²) in [4.78, 5) is 22.8. The second-order valence-electron chi connectivity index (χ2n) is 8.45. The molecule has 0 radical (unpaired) electrons. The highest BCUT2D eigenvalue weighted by molar-refractivity contribution is 5.64. The van der Waals surface area contributed by atoms with E-state index in [1.165, 1.54) is 12.8 Å². The lowest BCUT2D eigenvalue weighted by atomic mass is 9.75. The van der Waals surface area contributed by atoms with Crippen LogP contribution >= 0.6 is 0 Å². The highest BCUT2D eigenvalue weighted by atomic mass is 16.5. The minimum atomic E-state index is -0.748. The van der Waals surface area contributed by atoms with Gasteiger partial charge in [-0.1, -0.05) is 6.92 Å². The molecule has 2 amide bonds. The third-order valence-electron chi connectivity index (χ3n) is 5.04. The Morgan fingerprint density at radius 3 is 1.54 bits per heavy atom. The van der Waals surface area contributed by atoms with E-state index in [-0.39, 0.29) is 0 Å². The lowest BCUT2D eigenvalue weighted by molar-refractivity contribution is -0.0255. The van der Waals surface area contributed by atoms with Crippen LogP contribution in [0.1, 0.15) is 73.1 Å². The number of primary amides is 2. The smallest absolute Gasteiger partial charge is 0.404 e. The van der Waals surface area contributed by atoms with Crippen molar-refractivity contribution in [2.45, 2.75) is 84.2 Å². The normalized spacial score (nSPS) is 19.2. The Hall–Kier alpha value is -1.50. The van der Waals surface area contributed by atoms with Gasteiger partial charge < -0.3 is 20.9 Å². The summed E-state index contributed by atoms with van der Waals surface area (Å²) >= 11 is 0. The quantitative estimate of drug-likeness (QED) is 0.662. The van der Waals surface area contributed by atoms with E-state index in [1.54, 1.807) is 0 Å². The minimum absolute atomic E-state index is 0.339. The molecule has 4 N–H and O–H groups in total. The highest BCUT2D eigenvalue weighted by Crippen LogP contribution is 2.39. The van der Waals surface area contributed by atoms with Crippen LogP contribution in [0.25, 0.3) is 0 Å². The lowest BCUT2D eigenvalue weighted by Crippen LogP contribution is -2.58. The molecule has 0 aromatic carbocycles. The highest BCUT2D eigenvalue weighted by Gasteiger charge is 2.41. The fourth-order valence-electron chi connectivity index (χ4n) is 3.77. The predicted molar refractivity (Wildman–Crippen MR) is 104 cm³/mol. The molecule has 0 aromatic heterocycles. The Labute approximate surface area is 158 Å². The van der Waals surface area contributed by atoms with Gasteiger partial charge in [-0.2, -0.15) is 0 Å². The minimum Gasteiger partial charge on any atom is -0.450 e. The van der Waals surface area contributed by atoms with Gasteiger partial charge in [0.05, 0.1) is 13.2 Å². The number of nitrogens with zero attached hydrogens (tertiary/aromatic N) is 1. The number of carbonyl (C=O) groups is 2. The number of unbranched alkanes of at least 4 members (excludes halogenated alkanes) is 3. The Balaban J connectivity index is 0.000000485. The van der Waals surface area contributed by atoms with E-state index in [1.807, 2.05) is 0 Å². The van der Waals surface area contributed by atoms with Gasteiger partial charge in [0.2, 0.25) is 0 Å². The van der Waals surface area contributed by atoms with Gasteiger partial charge in [-0.15, -0.1) is 0 Å². The molecule has 1 fully saturated rings. The summed E-state index contributed by atoms with van der Waals surface area (Å²) in [6, 6.07) is 0. The zero-order chi connectivity index (χ0) is 20.4. The molecule has 26 heavy (non-hydrogen) atoms. The first-order valence-electron chi connectivity index (χ1n) is 9.47. The fourth-order valence-corrected chi connectivity index (χ4v) is 3.77. The SMILES string of the molecule is CC1CC(C)(C)N(C)C(C)(C)C1.NC(=O)OCCCCCCOC(N)=O. The molecule has 0 saturated carbocycles. The third-order valence-corrected chi connectivity index (χ3v) is 5.04. The number of nitrogens with two attached hydrogens (primary N) is 2. The first-order chi connectivity index (χ1) is 11.9. The fraction of sp³-hybridized carbons (Fsp3) is 0.895.